The highest BCUT2D eigenvalue weighted by molar-refractivity contribution is 8.74. The average molecular weight is 562 g/mol. The number of amides is 2. The Morgan fingerprint density at radius 1 is 1.14 bits per heavy atom. The molecule has 2 amide bonds. The minimum Gasteiger partial charge on any atom is -0.443 e. The lowest BCUT2D eigenvalue weighted by Gasteiger charge is -2.42. The summed E-state index contributed by atoms with van der Waals surface area (Å²) in [6.45, 7) is 7.05. The molecular formula is C25H40FN3O6S2. The highest BCUT2D eigenvalue weighted by atomic mass is 33.1. The molecule has 0 aromatic rings. The standard InChI is InChI=1S/C25H40FN3O6S2/c1-15(2)5-10-19-24(3,35-19)22-21(32-4)18(11-12-25(22)14-33-25)34-23(31)29-17-8-6-16(7-9-17)28-20(30)13-27-37-36-26/h5,16-19,21-22,27H,6-14H2,1-4H3,(H,28,30)(H,29,31)/t16?,17?,18?,19?,21?,22?,24-,25?/m1/s1. The Labute approximate surface area is 226 Å². The van der Waals surface area contributed by atoms with E-state index in [0.717, 1.165) is 49.5 Å². The van der Waals surface area contributed by atoms with Gasteiger partial charge in [-0.25, -0.2) is 9.52 Å². The summed E-state index contributed by atoms with van der Waals surface area (Å²) in [6, 6.07) is 0.0465. The van der Waals surface area contributed by atoms with E-state index in [1.807, 2.05) is 0 Å². The number of carbonyl (C=O) groups excluding carboxylic acids is 2. The first kappa shape index (κ1) is 28.9. The molecule has 5 unspecified atom stereocenters. The molecule has 0 bridgehead atoms. The molecule has 2 saturated heterocycles. The van der Waals surface area contributed by atoms with E-state index in [1.165, 1.54) is 5.57 Å². The number of ether oxygens (including phenoxy) is 4. The lowest BCUT2D eigenvalue weighted by Crippen LogP contribution is -2.56. The summed E-state index contributed by atoms with van der Waals surface area (Å²) in [6.07, 6.45) is 6.55. The van der Waals surface area contributed by atoms with Crippen molar-refractivity contribution in [2.75, 3.05) is 20.3 Å². The van der Waals surface area contributed by atoms with E-state index >= 15 is 0 Å². The summed E-state index contributed by atoms with van der Waals surface area (Å²) in [5.74, 6) is -0.175. The SMILES string of the molecule is COC1C(OC(=O)NC2CCC(NC(=O)CNSSF)CC2)CCC2(CO2)C1[C@]1(C)OC1CC=C(C)C. The summed E-state index contributed by atoms with van der Waals surface area (Å²) >= 11 is 0.0705. The molecule has 2 saturated carbocycles. The minimum atomic E-state index is -0.432. The van der Waals surface area contributed by atoms with Gasteiger partial charge in [0.25, 0.3) is 0 Å². The molecular weight excluding hydrogens is 521 g/mol. The summed E-state index contributed by atoms with van der Waals surface area (Å²) in [5, 5.41) is 5.97. The Balaban J connectivity index is 1.26. The third-order valence-corrected chi connectivity index (χ3v) is 9.10. The number of alkyl carbamates (subject to hydrolysis) is 1. The lowest BCUT2D eigenvalue weighted by molar-refractivity contribution is -0.120. The number of methoxy groups -OCH3 is 1. The predicted molar refractivity (Wildman–Crippen MR) is 141 cm³/mol. The van der Waals surface area contributed by atoms with E-state index in [2.05, 4.69) is 42.2 Å². The number of nitrogens with one attached hydrogen (secondary N) is 3. The average Bonchev–Trinajstić information content (AvgIpc) is 3.77. The Kier molecular flexibility index (Phi) is 9.72. The van der Waals surface area contributed by atoms with Crippen molar-refractivity contribution in [3.8, 4) is 0 Å². The molecule has 2 heterocycles. The van der Waals surface area contributed by atoms with Gasteiger partial charge in [-0.1, -0.05) is 11.6 Å². The topological polar surface area (TPSA) is 114 Å². The van der Waals surface area contributed by atoms with Crippen LogP contribution in [0.1, 0.15) is 65.7 Å². The van der Waals surface area contributed by atoms with Crippen molar-refractivity contribution in [1.82, 2.24) is 15.4 Å². The van der Waals surface area contributed by atoms with E-state index in [-0.39, 0.29) is 71.1 Å². The Bertz CT molecular complexity index is 850. The number of halogens is 1. The summed E-state index contributed by atoms with van der Waals surface area (Å²) in [4.78, 5) is 24.8. The Morgan fingerprint density at radius 3 is 2.41 bits per heavy atom. The van der Waals surface area contributed by atoms with Crippen LogP contribution in [0.15, 0.2) is 11.6 Å². The van der Waals surface area contributed by atoms with Gasteiger partial charge in [0.15, 0.2) is 0 Å². The van der Waals surface area contributed by atoms with Crippen molar-refractivity contribution < 1.29 is 32.4 Å². The molecule has 4 fully saturated rings. The number of hydrogen-bond acceptors (Lipinski definition) is 9. The van der Waals surface area contributed by atoms with Crippen LogP contribution in [0.4, 0.5) is 8.68 Å². The highest BCUT2D eigenvalue weighted by Crippen LogP contribution is 2.59. The first-order valence-corrected chi connectivity index (χ1v) is 15.2. The molecule has 0 aromatic heterocycles. The van der Waals surface area contributed by atoms with Crippen LogP contribution in [-0.4, -0.2) is 73.9 Å². The van der Waals surface area contributed by atoms with Gasteiger partial charge in [0.1, 0.15) is 34.6 Å². The fourth-order valence-corrected chi connectivity index (χ4v) is 6.73. The molecule has 0 aromatic carbocycles. The third kappa shape index (κ3) is 7.13. The number of epoxide rings is 2. The summed E-state index contributed by atoms with van der Waals surface area (Å²) in [5.41, 5.74) is 0.636. The van der Waals surface area contributed by atoms with Gasteiger partial charge in [0.2, 0.25) is 5.91 Å². The third-order valence-electron chi connectivity index (χ3n) is 8.23. The van der Waals surface area contributed by atoms with E-state index in [1.54, 1.807) is 7.11 Å². The van der Waals surface area contributed by atoms with Gasteiger partial charge >= 0.3 is 6.09 Å². The maximum absolute atomic E-state index is 12.9. The van der Waals surface area contributed by atoms with Crippen molar-refractivity contribution in [2.24, 2.45) is 5.92 Å². The second kappa shape index (κ2) is 12.4. The fraction of sp³-hybridized carbons (Fsp3) is 0.840. The molecule has 2 aliphatic carbocycles. The van der Waals surface area contributed by atoms with Gasteiger partial charge in [-0.05, 0) is 65.7 Å². The number of allylic oxidation sites excluding steroid dienone is 1. The minimum absolute atomic E-state index is 0.00602. The zero-order valence-corrected chi connectivity index (χ0v) is 23.7. The zero-order valence-electron chi connectivity index (χ0n) is 22.0. The molecule has 12 heteroatoms. The van der Waals surface area contributed by atoms with Crippen molar-refractivity contribution in [1.29, 1.82) is 0 Å². The van der Waals surface area contributed by atoms with Gasteiger partial charge in [0.05, 0.1) is 25.2 Å². The lowest BCUT2D eigenvalue weighted by atomic mass is 9.68. The summed E-state index contributed by atoms with van der Waals surface area (Å²) < 4.78 is 38.8. The van der Waals surface area contributed by atoms with Crippen molar-refractivity contribution in [2.45, 2.75) is 107 Å². The van der Waals surface area contributed by atoms with Crippen molar-refractivity contribution in [3.63, 3.8) is 0 Å². The van der Waals surface area contributed by atoms with E-state index in [9.17, 15) is 13.5 Å². The second-order valence-electron chi connectivity index (χ2n) is 11.0. The van der Waals surface area contributed by atoms with Crippen LogP contribution in [0.5, 0.6) is 0 Å². The molecule has 9 nitrogen and oxygen atoms in total. The smallest absolute Gasteiger partial charge is 0.407 e. The first-order chi connectivity index (χ1) is 17.7. The largest absolute Gasteiger partial charge is 0.443 e. The first-order valence-electron chi connectivity index (χ1n) is 13.1. The highest BCUT2D eigenvalue weighted by Gasteiger charge is 2.72. The molecule has 37 heavy (non-hydrogen) atoms. The number of rotatable bonds is 11. The van der Waals surface area contributed by atoms with Crippen LogP contribution in [-0.2, 0) is 23.7 Å². The second-order valence-corrected chi connectivity index (χ2v) is 12.5. The molecule has 4 aliphatic rings. The normalized spacial score (nSPS) is 38.5. The van der Waals surface area contributed by atoms with E-state index in [0.29, 0.717) is 13.0 Å². The molecule has 0 radical (unpaired) electrons. The number of hydrogen-bond donors (Lipinski definition) is 3. The van der Waals surface area contributed by atoms with Gasteiger partial charge in [0, 0.05) is 30.2 Å². The maximum atomic E-state index is 12.9. The molecule has 1 spiro atoms. The van der Waals surface area contributed by atoms with Gasteiger partial charge in [-0.15, -0.1) is 0 Å². The zero-order chi connectivity index (χ0) is 26.6. The summed E-state index contributed by atoms with van der Waals surface area (Å²) in [7, 11) is 2.46. The van der Waals surface area contributed by atoms with Crippen LogP contribution in [0.25, 0.3) is 0 Å². The van der Waals surface area contributed by atoms with Crippen LogP contribution >= 0.6 is 22.2 Å². The van der Waals surface area contributed by atoms with E-state index in [4.69, 9.17) is 18.9 Å². The van der Waals surface area contributed by atoms with Crippen LogP contribution < -0.4 is 15.4 Å². The number of carbonyl (C=O) groups is 2. The van der Waals surface area contributed by atoms with Gasteiger partial charge in [-0.3, -0.25) is 4.79 Å². The molecule has 2 aliphatic heterocycles. The molecule has 3 N–H and O–H groups in total. The molecule has 4 rings (SSSR count). The fourth-order valence-electron chi connectivity index (χ4n) is 6.19. The Hall–Kier alpha value is -1.05. The van der Waals surface area contributed by atoms with Crippen molar-refractivity contribution in [3.05, 3.63) is 11.6 Å². The molecule has 6 atom stereocenters. The van der Waals surface area contributed by atoms with Crippen LogP contribution in [0.2, 0.25) is 0 Å². The van der Waals surface area contributed by atoms with Gasteiger partial charge in [-0.2, -0.15) is 3.89 Å². The molecule has 210 valence electrons. The van der Waals surface area contributed by atoms with Crippen LogP contribution in [0.3, 0.4) is 0 Å². The maximum Gasteiger partial charge on any atom is 0.407 e. The predicted octanol–water partition coefficient (Wildman–Crippen LogP) is 3.99. The Morgan fingerprint density at radius 2 is 1.81 bits per heavy atom. The van der Waals surface area contributed by atoms with Crippen LogP contribution in [0, 0.1) is 5.92 Å². The quantitative estimate of drug-likeness (QED) is 0.113. The van der Waals surface area contributed by atoms with Crippen molar-refractivity contribution >= 4 is 34.2 Å². The van der Waals surface area contributed by atoms with E-state index < -0.39 is 6.09 Å². The van der Waals surface area contributed by atoms with Gasteiger partial charge < -0.3 is 29.6 Å². The monoisotopic (exact) mass is 561 g/mol.